The van der Waals surface area contributed by atoms with E-state index in [-0.39, 0.29) is 11.7 Å². The molecular formula is C10H14FN. The molecule has 0 aliphatic heterocycles. The minimum Gasteiger partial charge on any atom is -0.264 e. The van der Waals surface area contributed by atoms with Crippen LogP contribution < -0.4 is 0 Å². The third-order valence-electron chi connectivity index (χ3n) is 2.05. The first-order chi connectivity index (χ1) is 5.75. The first-order valence-corrected chi connectivity index (χ1v) is 4.35. The highest BCUT2D eigenvalue weighted by Crippen LogP contribution is 2.21. The van der Waals surface area contributed by atoms with Gasteiger partial charge in [0.2, 0.25) is 0 Å². The van der Waals surface area contributed by atoms with Crippen LogP contribution in [-0.4, -0.2) is 4.98 Å². The van der Waals surface area contributed by atoms with Gasteiger partial charge in [-0.2, -0.15) is 0 Å². The Hall–Kier alpha value is -0.920. The third-order valence-corrected chi connectivity index (χ3v) is 2.05. The van der Waals surface area contributed by atoms with Crippen molar-refractivity contribution in [2.75, 3.05) is 0 Å². The van der Waals surface area contributed by atoms with Crippen LogP contribution in [-0.2, 0) is 0 Å². The van der Waals surface area contributed by atoms with E-state index in [1.165, 1.54) is 12.3 Å². The molecule has 0 saturated carbocycles. The first-order valence-electron chi connectivity index (χ1n) is 4.35. The van der Waals surface area contributed by atoms with Gasteiger partial charge in [-0.3, -0.25) is 4.98 Å². The molecule has 0 aromatic carbocycles. The second-order valence-corrected chi connectivity index (χ2v) is 3.09. The topological polar surface area (TPSA) is 12.9 Å². The molecule has 1 rings (SSSR count). The van der Waals surface area contributed by atoms with E-state index in [9.17, 15) is 4.39 Å². The molecule has 0 aliphatic carbocycles. The molecule has 0 radical (unpaired) electrons. The zero-order chi connectivity index (χ0) is 8.97. The van der Waals surface area contributed by atoms with Gasteiger partial charge in [-0.1, -0.05) is 20.3 Å². The van der Waals surface area contributed by atoms with E-state index < -0.39 is 0 Å². The normalized spacial score (nSPS) is 12.9. The number of aromatic nitrogens is 1. The standard InChI is InChI=1S/C10H14FN/c1-3-4-8(2)9-7-12-6-5-10(9)11/h5-8H,3-4H2,1-2H3. The lowest BCUT2D eigenvalue weighted by Gasteiger charge is -2.09. The Morgan fingerprint density at radius 1 is 1.58 bits per heavy atom. The molecule has 0 N–H and O–H groups in total. The summed E-state index contributed by atoms with van der Waals surface area (Å²) in [6.07, 6.45) is 5.20. The smallest absolute Gasteiger partial charge is 0.129 e. The molecule has 1 atom stereocenters. The van der Waals surface area contributed by atoms with E-state index in [1.54, 1.807) is 6.20 Å². The van der Waals surface area contributed by atoms with E-state index in [1.807, 2.05) is 6.92 Å². The fourth-order valence-electron chi connectivity index (χ4n) is 1.34. The van der Waals surface area contributed by atoms with Gasteiger partial charge in [0.25, 0.3) is 0 Å². The molecule has 66 valence electrons. The van der Waals surface area contributed by atoms with Gasteiger partial charge in [0.1, 0.15) is 5.82 Å². The Morgan fingerprint density at radius 2 is 2.33 bits per heavy atom. The molecule has 0 saturated heterocycles. The highest BCUT2D eigenvalue weighted by molar-refractivity contribution is 5.15. The second-order valence-electron chi connectivity index (χ2n) is 3.09. The fraction of sp³-hybridized carbons (Fsp3) is 0.500. The van der Waals surface area contributed by atoms with Gasteiger partial charge in [-0.05, 0) is 18.4 Å². The highest BCUT2D eigenvalue weighted by atomic mass is 19.1. The van der Waals surface area contributed by atoms with E-state index in [0.29, 0.717) is 0 Å². The molecule has 1 heterocycles. The zero-order valence-electron chi connectivity index (χ0n) is 7.55. The number of nitrogens with zero attached hydrogens (tertiary/aromatic N) is 1. The summed E-state index contributed by atoms with van der Waals surface area (Å²) in [5.74, 6) is 0.148. The van der Waals surface area contributed by atoms with E-state index in [2.05, 4.69) is 11.9 Å². The summed E-state index contributed by atoms with van der Waals surface area (Å²) >= 11 is 0. The van der Waals surface area contributed by atoms with Crippen LogP contribution in [0.1, 0.15) is 38.2 Å². The van der Waals surface area contributed by atoms with Crippen molar-refractivity contribution in [2.45, 2.75) is 32.6 Å². The largest absolute Gasteiger partial charge is 0.264 e. The molecule has 0 amide bonds. The van der Waals surface area contributed by atoms with Crippen molar-refractivity contribution in [3.63, 3.8) is 0 Å². The summed E-state index contributed by atoms with van der Waals surface area (Å²) in [6, 6.07) is 1.42. The lowest BCUT2D eigenvalue weighted by atomic mass is 9.98. The van der Waals surface area contributed by atoms with Crippen molar-refractivity contribution in [3.05, 3.63) is 29.8 Å². The Kier molecular flexibility index (Phi) is 3.20. The quantitative estimate of drug-likeness (QED) is 0.674. The minimum absolute atomic E-state index is 0.133. The molecule has 1 unspecified atom stereocenters. The van der Waals surface area contributed by atoms with Crippen molar-refractivity contribution in [2.24, 2.45) is 0 Å². The number of hydrogen-bond acceptors (Lipinski definition) is 1. The van der Waals surface area contributed by atoms with Crippen molar-refractivity contribution in [1.82, 2.24) is 4.98 Å². The van der Waals surface area contributed by atoms with Crippen LogP contribution in [0.5, 0.6) is 0 Å². The van der Waals surface area contributed by atoms with Crippen molar-refractivity contribution in [1.29, 1.82) is 0 Å². The molecule has 0 spiro atoms. The van der Waals surface area contributed by atoms with Gasteiger partial charge >= 0.3 is 0 Å². The van der Waals surface area contributed by atoms with Crippen LogP contribution in [0.2, 0.25) is 0 Å². The summed E-state index contributed by atoms with van der Waals surface area (Å²) in [7, 11) is 0. The van der Waals surface area contributed by atoms with Crippen LogP contribution in [0, 0.1) is 5.82 Å². The summed E-state index contributed by atoms with van der Waals surface area (Å²) < 4.78 is 13.1. The maximum atomic E-state index is 13.1. The minimum atomic E-state index is -0.133. The zero-order valence-corrected chi connectivity index (χ0v) is 7.55. The van der Waals surface area contributed by atoms with Gasteiger partial charge in [-0.25, -0.2) is 4.39 Å². The monoisotopic (exact) mass is 167 g/mol. The van der Waals surface area contributed by atoms with Crippen LogP contribution in [0.25, 0.3) is 0 Å². The highest BCUT2D eigenvalue weighted by Gasteiger charge is 2.08. The molecular weight excluding hydrogens is 153 g/mol. The van der Waals surface area contributed by atoms with E-state index >= 15 is 0 Å². The van der Waals surface area contributed by atoms with Crippen molar-refractivity contribution in [3.8, 4) is 0 Å². The molecule has 1 aromatic rings. The number of pyridine rings is 1. The summed E-state index contributed by atoms with van der Waals surface area (Å²) in [6.45, 7) is 4.13. The molecule has 1 aromatic heterocycles. The van der Waals surface area contributed by atoms with Gasteiger partial charge in [0, 0.05) is 18.0 Å². The lowest BCUT2D eigenvalue weighted by Crippen LogP contribution is -1.97. The second kappa shape index (κ2) is 4.19. The predicted octanol–water partition coefficient (Wildman–Crippen LogP) is 3.12. The van der Waals surface area contributed by atoms with Crippen LogP contribution >= 0.6 is 0 Å². The maximum Gasteiger partial charge on any atom is 0.129 e. The first kappa shape index (κ1) is 9.17. The molecule has 0 aliphatic rings. The Labute approximate surface area is 72.6 Å². The van der Waals surface area contributed by atoms with Gasteiger partial charge in [-0.15, -0.1) is 0 Å². The fourth-order valence-corrected chi connectivity index (χ4v) is 1.34. The summed E-state index contributed by atoms with van der Waals surface area (Å²) in [5.41, 5.74) is 0.736. The predicted molar refractivity (Wildman–Crippen MR) is 47.5 cm³/mol. The Bertz CT molecular complexity index is 247. The molecule has 1 nitrogen and oxygen atoms in total. The third kappa shape index (κ3) is 2.03. The Balaban J connectivity index is 2.79. The Morgan fingerprint density at radius 3 is 2.92 bits per heavy atom. The average Bonchev–Trinajstić information content (AvgIpc) is 2.05. The van der Waals surface area contributed by atoms with Crippen molar-refractivity contribution < 1.29 is 4.39 Å². The number of rotatable bonds is 3. The maximum absolute atomic E-state index is 13.1. The van der Waals surface area contributed by atoms with Crippen LogP contribution in [0.4, 0.5) is 4.39 Å². The summed E-state index contributed by atoms with van der Waals surface area (Å²) in [5, 5.41) is 0. The van der Waals surface area contributed by atoms with Crippen LogP contribution in [0.15, 0.2) is 18.5 Å². The number of halogens is 1. The average molecular weight is 167 g/mol. The molecule has 0 bridgehead atoms. The van der Waals surface area contributed by atoms with E-state index in [4.69, 9.17) is 0 Å². The van der Waals surface area contributed by atoms with Crippen molar-refractivity contribution >= 4 is 0 Å². The van der Waals surface area contributed by atoms with Gasteiger partial charge in [0.15, 0.2) is 0 Å². The van der Waals surface area contributed by atoms with Gasteiger partial charge in [0.05, 0.1) is 0 Å². The molecule has 12 heavy (non-hydrogen) atoms. The van der Waals surface area contributed by atoms with Gasteiger partial charge < -0.3 is 0 Å². The summed E-state index contributed by atoms with van der Waals surface area (Å²) in [4.78, 5) is 3.91. The number of hydrogen-bond donors (Lipinski definition) is 0. The lowest BCUT2D eigenvalue weighted by molar-refractivity contribution is 0.567. The van der Waals surface area contributed by atoms with Crippen LogP contribution in [0.3, 0.4) is 0 Å². The SMILES string of the molecule is CCCC(C)c1cnccc1F. The molecule has 2 heteroatoms. The molecule has 0 fully saturated rings. The van der Waals surface area contributed by atoms with E-state index in [0.717, 1.165) is 18.4 Å².